The molecule has 0 bridgehead atoms. The van der Waals surface area contributed by atoms with Gasteiger partial charge < -0.3 is 15.8 Å². The Morgan fingerprint density at radius 1 is 1.30 bits per heavy atom. The predicted molar refractivity (Wildman–Crippen MR) is 79.8 cm³/mol. The maximum Gasteiger partial charge on any atom is 0.258 e. The molecule has 0 spiro atoms. The molecule has 1 fully saturated rings. The normalized spacial score (nSPS) is 22.4. The number of ether oxygens (including phenoxy) is 1. The molecular weight excluding hydrogens is 252 g/mol. The van der Waals surface area contributed by atoms with Gasteiger partial charge in [0.2, 0.25) is 0 Å². The third-order valence-corrected chi connectivity index (χ3v) is 3.83. The molecule has 4 heteroatoms. The van der Waals surface area contributed by atoms with E-state index in [1.807, 2.05) is 26.0 Å². The van der Waals surface area contributed by atoms with Crippen molar-refractivity contribution in [3.8, 4) is 5.75 Å². The summed E-state index contributed by atoms with van der Waals surface area (Å²) in [6.45, 7) is 4.10. The third-order valence-electron chi connectivity index (χ3n) is 3.83. The fourth-order valence-electron chi connectivity index (χ4n) is 2.64. The molecule has 1 amide bonds. The van der Waals surface area contributed by atoms with Crippen LogP contribution in [0.2, 0.25) is 0 Å². The van der Waals surface area contributed by atoms with Crippen LogP contribution in [-0.4, -0.2) is 24.6 Å². The van der Waals surface area contributed by atoms with Gasteiger partial charge in [0.1, 0.15) is 5.75 Å². The molecule has 3 N–H and O–H groups in total. The first-order valence-corrected chi connectivity index (χ1v) is 7.29. The number of nitrogens with two attached hydrogens (primary N) is 1. The lowest BCUT2D eigenvalue weighted by molar-refractivity contribution is -0.124. The maximum atomic E-state index is 11.9. The lowest BCUT2D eigenvalue weighted by atomic mass is 9.92. The minimum Gasteiger partial charge on any atom is -0.484 e. The number of nitrogens with one attached hydrogen (secondary N) is 1. The van der Waals surface area contributed by atoms with Gasteiger partial charge >= 0.3 is 0 Å². The maximum absolute atomic E-state index is 11.9. The number of hydrogen-bond acceptors (Lipinski definition) is 3. The lowest BCUT2D eigenvalue weighted by Gasteiger charge is -2.26. The van der Waals surface area contributed by atoms with E-state index in [1.54, 1.807) is 0 Å². The Labute approximate surface area is 120 Å². The molecule has 0 aliphatic heterocycles. The molecule has 0 heterocycles. The van der Waals surface area contributed by atoms with Crippen LogP contribution in [0.4, 0.5) is 0 Å². The molecule has 0 radical (unpaired) electrons. The average Bonchev–Trinajstić information content (AvgIpc) is 2.40. The van der Waals surface area contributed by atoms with Gasteiger partial charge in [0.05, 0.1) is 0 Å². The van der Waals surface area contributed by atoms with Crippen LogP contribution in [-0.2, 0) is 4.79 Å². The summed E-state index contributed by atoms with van der Waals surface area (Å²) in [7, 11) is 0. The first-order chi connectivity index (χ1) is 9.54. The van der Waals surface area contributed by atoms with Gasteiger partial charge in [-0.15, -0.1) is 0 Å². The Bertz CT molecular complexity index is 466. The van der Waals surface area contributed by atoms with E-state index in [0.29, 0.717) is 6.04 Å². The van der Waals surface area contributed by atoms with E-state index in [1.165, 1.54) is 5.56 Å². The van der Waals surface area contributed by atoms with Crippen LogP contribution in [0.5, 0.6) is 5.75 Å². The van der Waals surface area contributed by atoms with Gasteiger partial charge in [-0.3, -0.25) is 4.79 Å². The Morgan fingerprint density at radius 2 is 2.00 bits per heavy atom. The minimum absolute atomic E-state index is 0.0505. The molecule has 1 aromatic carbocycles. The first-order valence-electron chi connectivity index (χ1n) is 7.29. The topological polar surface area (TPSA) is 64.3 Å². The third kappa shape index (κ3) is 4.23. The zero-order valence-corrected chi connectivity index (χ0v) is 12.3. The largest absolute Gasteiger partial charge is 0.484 e. The second-order valence-electron chi connectivity index (χ2n) is 5.74. The van der Waals surface area contributed by atoms with Crippen molar-refractivity contribution in [2.75, 3.05) is 6.61 Å². The lowest BCUT2D eigenvalue weighted by Crippen LogP contribution is -2.42. The molecule has 1 aromatic rings. The van der Waals surface area contributed by atoms with Crippen molar-refractivity contribution < 1.29 is 9.53 Å². The molecular formula is C16H24N2O2. The molecule has 4 nitrogen and oxygen atoms in total. The molecule has 1 aliphatic rings. The van der Waals surface area contributed by atoms with E-state index < -0.39 is 0 Å². The molecule has 0 atom stereocenters. The van der Waals surface area contributed by atoms with Crippen molar-refractivity contribution in [3.05, 3.63) is 29.3 Å². The summed E-state index contributed by atoms with van der Waals surface area (Å²) in [4.78, 5) is 11.9. The van der Waals surface area contributed by atoms with Crippen LogP contribution < -0.4 is 15.8 Å². The van der Waals surface area contributed by atoms with E-state index in [2.05, 4.69) is 11.4 Å². The van der Waals surface area contributed by atoms with Crippen molar-refractivity contribution in [2.24, 2.45) is 5.73 Å². The van der Waals surface area contributed by atoms with Crippen molar-refractivity contribution in [2.45, 2.75) is 51.6 Å². The van der Waals surface area contributed by atoms with Gasteiger partial charge in [-0.1, -0.05) is 17.7 Å². The van der Waals surface area contributed by atoms with Gasteiger partial charge in [0.15, 0.2) is 6.61 Å². The van der Waals surface area contributed by atoms with E-state index >= 15 is 0 Å². The van der Waals surface area contributed by atoms with Crippen LogP contribution in [0.3, 0.4) is 0 Å². The van der Waals surface area contributed by atoms with Crippen molar-refractivity contribution in [1.29, 1.82) is 0 Å². The molecule has 20 heavy (non-hydrogen) atoms. The van der Waals surface area contributed by atoms with Crippen molar-refractivity contribution >= 4 is 5.91 Å². The first kappa shape index (κ1) is 14.9. The summed E-state index contributed by atoms with van der Waals surface area (Å²) in [5.74, 6) is 0.724. The van der Waals surface area contributed by atoms with E-state index in [4.69, 9.17) is 10.5 Å². The van der Waals surface area contributed by atoms with Gasteiger partial charge in [-0.05, 0) is 51.2 Å². The predicted octanol–water partition coefficient (Wildman–Crippen LogP) is 2.07. The monoisotopic (exact) mass is 276 g/mol. The Balaban J connectivity index is 1.77. The number of amides is 1. The fraction of sp³-hybridized carbons (Fsp3) is 0.562. The second-order valence-corrected chi connectivity index (χ2v) is 5.74. The van der Waals surface area contributed by atoms with E-state index in [0.717, 1.165) is 37.0 Å². The SMILES string of the molecule is Cc1ccc(OCC(=O)NC2CCC(N)CC2)c(C)c1. The summed E-state index contributed by atoms with van der Waals surface area (Å²) >= 11 is 0. The Morgan fingerprint density at radius 3 is 2.65 bits per heavy atom. The van der Waals surface area contributed by atoms with Crippen LogP contribution in [0.1, 0.15) is 36.8 Å². The van der Waals surface area contributed by atoms with Gasteiger partial charge in [0, 0.05) is 12.1 Å². The number of carbonyl (C=O) groups excluding carboxylic acids is 1. The quantitative estimate of drug-likeness (QED) is 0.885. The molecule has 0 saturated heterocycles. The van der Waals surface area contributed by atoms with Crippen LogP contribution >= 0.6 is 0 Å². The fourth-order valence-corrected chi connectivity index (χ4v) is 2.64. The smallest absolute Gasteiger partial charge is 0.258 e. The minimum atomic E-state index is -0.0505. The summed E-state index contributed by atoms with van der Waals surface area (Å²) in [5.41, 5.74) is 8.10. The summed E-state index contributed by atoms with van der Waals surface area (Å²) < 4.78 is 5.58. The second kappa shape index (κ2) is 6.75. The zero-order valence-electron chi connectivity index (χ0n) is 12.3. The summed E-state index contributed by atoms with van der Waals surface area (Å²) in [6.07, 6.45) is 3.92. The highest BCUT2D eigenvalue weighted by Crippen LogP contribution is 2.19. The number of hydrogen-bond donors (Lipinski definition) is 2. The van der Waals surface area contributed by atoms with E-state index in [-0.39, 0.29) is 18.6 Å². The average molecular weight is 276 g/mol. The Kier molecular flexibility index (Phi) is 5.01. The zero-order chi connectivity index (χ0) is 14.5. The molecule has 0 aromatic heterocycles. The number of carbonyl (C=O) groups is 1. The van der Waals surface area contributed by atoms with Crippen molar-refractivity contribution in [1.82, 2.24) is 5.32 Å². The van der Waals surface area contributed by atoms with Crippen LogP contribution in [0.25, 0.3) is 0 Å². The standard InChI is InChI=1S/C16H24N2O2/c1-11-3-8-15(12(2)9-11)20-10-16(19)18-14-6-4-13(17)5-7-14/h3,8-9,13-14H,4-7,10,17H2,1-2H3,(H,18,19). The molecule has 1 aliphatic carbocycles. The van der Waals surface area contributed by atoms with Gasteiger partial charge in [-0.25, -0.2) is 0 Å². The van der Waals surface area contributed by atoms with Gasteiger partial charge in [0.25, 0.3) is 5.91 Å². The molecule has 110 valence electrons. The number of benzene rings is 1. The summed E-state index contributed by atoms with van der Waals surface area (Å²) in [5, 5.41) is 3.02. The number of aryl methyl sites for hydroxylation is 2. The molecule has 2 rings (SSSR count). The van der Waals surface area contributed by atoms with Crippen LogP contribution in [0.15, 0.2) is 18.2 Å². The van der Waals surface area contributed by atoms with Crippen molar-refractivity contribution in [3.63, 3.8) is 0 Å². The Hall–Kier alpha value is -1.55. The highest BCUT2D eigenvalue weighted by Gasteiger charge is 2.20. The summed E-state index contributed by atoms with van der Waals surface area (Å²) in [6, 6.07) is 6.51. The molecule has 0 unspecified atom stereocenters. The highest BCUT2D eigenvalue weighted by molar-refractivity contribution is 5.77. The number of rotatable bonds is 4. The van der Waals surface area contributed by atoms with E-state index in [9.17, 15) is 4.79 Å². The van der Waals surface area contributed by atoms with Gasteiger partial charge in [-0.2, -0.15) is 0 Å². The van der Waals surface area contributed by atoms with Crippen LogP contribution in [0, 0.1) is 13.8 Å². The molecule has 1 saturated carbocycles. The highest BCUT2D eigenvalue weighted by atomic mass is 16.5.